The molecule has 2 saturated heterocycles. The fourth-order valence-corrected chi connectivity index (χ4v) is 3.21. The minimum absolute atomic E-state index is 0.135. The lowest BCUT2D eigenvalue weighted by molar-refractivity contribution is -0.128. The predicted molar refractivity (Wildman–Crippen MR) is 83.4 cm³/mol. The second-order valence-corrected chi connectivity index (χ2v) is 6.22. The Balaban J connectivity index is 1.72. The minimum Gasteiger partial charge on any atom is -0.495 e. The Hall–Kier alpha value is -2.28. The zero-order chi connectivity index (χ0) is 16.6. The first-order valence-electron chi connectivity index (χ1n) is 7.17. The van der Waals surface area contributed by atoms with Crippen molar-refractivity contribution in [3.63, 3.8) is 0 Å². The second-order valence-electron chi connectivity index (χ2n) is 5.78. The molecule has 2 aliphatic rings. The van der Waals surface area contributed by atoms with Crippen molar-refractivity contribution in [2.75, 3.05) is 25.5 Å². The van der Waals surface area contributed by atoms with Gasteiger partial charge in [-0.3, -0.25) is 14.9 Å². The van der Waals surface area contributed by atoms with Crippen molar-refractivity contribution in [2.24, 2.45) is 5.41 Å². The van der Waals surface area contributed by atoms with Gasteiger partial charge >= 0.3 is 6.03 Å². The van der Waals surface area contributed by atoms with Crippen molar-refractivity contribution in [1.82, 2.24) is 10.2 Å². The summed E-state index contributed by atoms with van der Waals surface area (Å²) in [5, 5.41) is 5.52. The predicted octanol–water partition coefficient (Wildman–Crippen LogP) is 1.62. The Kier molecular flexibility index (Phi) is 3.89. The molecule has 3 rings (SSSR count). The summed E-state index contributed by atoms with van der Waals surface area (Å²) in [5.41, 5.74) is -0.328. The van der Waals surface area contributed by atoms with Gasteiger partial charge in [-0.1, -0.05) is 11.6 Å². The van der Waals surface area contributed by atoms with Crippen LogP contribution >= 0.6 is 11.6 Å². The van der Waals surface area contributed by atoms with Crippen molar-refractivity contribution in [3.8, 4) is 5.75 Å². The molecule has 1 spiro atoms. The standard InChI is InChI=1S/C15H16ClN3O4/c1-23-11-3-2-9(16)6-10(11)17-14(22)19-5-4-15(8-19)7-12(20)18-13(15)21/h2-3,6H,4-5,7-8H2,1H3,(H,17,22)(H,18,20,21). The highest BCUT2D eigenvalue weighted by molar-refractivity contribution is 6.31. The molecule has 0 bridgehead atoms. The number of nitrogens with zero attached hydrogens (tertiary/aromatic N) is 1. The van der Waals surface area contributed by atoms with E-state index in [9.17, 15) is 14.4 Å². The fourth-order valence-electron chi connectivity index (χ4n) is 3.04. The van der Waals surface area contributed by atoms with Crippen LogP contribution in [0, 0.1) is 5.41 Å². The maximum atomic E-state index is 12.4. The van der Waals surface area contributed by atoms with E-state index in [4.69, 9.17) is 16.3 Å². The molecule has 0 radical (unpaired) electrons. The number of carbonyl (C=O) groups excluding carboxylic acids is 3. The molecule has 122 valence electrons. The Morgan fingerprint density at radius 2 is 2.22 bits per heavy atom. The number of hydrogen-bond acceptors (Lipinski definition) is 4. The average Bonchev–Trinajstić information content (AvgIpc) is 3.04. The van der Waals surface area contributed by atoms with Gasteiger partial charge in [-0.2, -0.15) is 0 Å². The molecule has 23 heavy (non-hydrogen) atoms. The molecule has 1 atom stereocenters. The summed E-state index contributed by atoms with van der Waals surface area (Å²) in [7, 11) is 1.50. The molecule has 0 saturated carbocycles. The van der Waals surface area contributed by atoms with E-state index in [1.54, 1.807) is 18.2 Å². The highest BCUT2D eigenvalue weighted by Crippen LogP contribution is 2.38. The van der Waals surface area contributed by atoms with Gasteiger partial charge in [-0.25, -0.2) is 4.79 Å². The van der Waals surface area contributed by atoms with Gasteiger partial charge in [0.1, 0.15) is 5.75 Å². The van der Waals surface area contributed by atoms with Crippen LogP contribution in [-0.4, -0.2) is 42.9 Å². The Labute approximate surface area is 137 Å². The number of ether oxygens (including phenoxy) is 1. The summed E-state index contributed by atoms with van der Waals surface area (Å²) in [6.45, 7) is 0.634. The fraction of sp³-hybridized carbons (Fsp3) is 0.400. The van der Waals surface area contributed by atoms with Gasteiger partial charge in [-0.15, -0.1) is 0 Å². The maximum absolute atomic E-state index is 12.4. The number of hydrogen-bond donors (Lipinski definition) is 2. The number of rotatable bonds is 2. The van der Waals surface area contributed by atoms with E-state index in [-0.39, 0.29) is 30.8 Å². The third-order valence-corrected chi connectivity index (χ3v) is 4.51. The van der Waals surface area contributed by atoms with Gasteiger partial charge in [0.15, 0.2) is 0 Å². The molecule has 1 aromatic carbocycles. The molecule has 7 nitrogen and oxygen atoms in total. The molecule has 4 amide bonds. The van der Waals surface area contributed by atoms with Gasteiger partial charge in [0, 0.05) is 24.5 Å². The number of amides is 4. The lowest BCUT2D eigenvalue weighted by atomic mass is 9.85. The number of carbonyl (C=O) groups is 3. The Morgan fingerprint density at radius 3 is 2.87 bits per heavy atom. The largest absolute Gasteiger partial charge is 0.495 e. The molecular weight excluding hydrogens is 322 g/mol. The molecule has 1 unspecified atom stereocenters. The quantitative estimate of drug-likeness (QED) is 0.803. The average molecular weight is 338 g/mol. The maximum Gasteiger partial charge on any atom is 0.321 e. The molecule has 2 heterocycles. The zero-order valence-electron chi connectivity index (χ0n) is 12.5. The molecule has 0 aliphatic carbocycles. The van der Waals surface area contributed by atoms with E-state index < -0.39 is 5.41 Å². The third-order valence-electron chi connectivity index (χ3n) is 4.28. The summed E-state index contributed by atoms with van der Waals surface area (Å²) in [6, 6.07) is 4.56. The van der Waals surface area contributed by atoms with Crippen molar-refractivity contribution in [3.05, 3.63) is 23.2 Å². The Morgan fingerprint density at radius 1 is 1.43 bits per heavy atom. The number of imide groups is 1. The van der Waals surface area contributed by atoms with Crippen LogP contribution in [0.15, 0.2) is 18.2 Å². The van der Waals surface area contributed by atoms with Crippen LogP contribution in [0.4, 0.5) is 10.5 Å². The van der Waals surface area contributed by atoms with Crippen molar-refractivity contribution < 1.29 is 19.1 Å². The van der Waals surface area contributed by atoms with Crippen LogP contribution < -0.4 is 15.4 Å². The lowest BCUT2D eigenvalue weighted by Gasteiger charge is -2.21. The number of halogens is 1. The Bertz CT molecular complexity index is 693. The van der Waals surface area contributed by atoms with E-state index >= 15 is 0 Å². The van der Waals surface area contributed by atoms with E-state index in [0.29, 0.717) is 29.4 Å². The lowest BCUT2D eigenvalue weighted by Crippen LogP contribution is -2.38. The number of methoxy groups -OCH3 is 1. The molecule has 2 fully saturated rings. The number of anilines is 1. The van der Waals surface area contributed by atoms with Crippen molar-refractivity contribution in [1.29, 1.82) is 0 Å². The van der Waals surface area contributed by atoms with E-state index in [0.717, 1.165) is 0 Å². The topological polar surface area (TPSA) is 87.7 Å². The monoisotopic (exact) mass is 337 g/mol. The van der Waals surface area contributed by atoms with Crippen molar-refractivity contribution in [2.45, 2.75) is 12.8 Å². The van der Waals surface area contributed by atoms with E-state index in [1.807, 2.05) is 0 Å². The zero-order valence-corrected chi connectivity index (χ0v) is 13.3. The van der Waals surface area contributed by atoms with Crippen LogP contribution in [0.1, 0.15) is 12.8 Å². The van der Waals surface area contributed by atoms with Crippen LogP contribution in [0.2, 0.25) is 5.02 Å². The van der Waals surface area contributed by atoms with Crippen LogP contribution in [0.25, 0.3) is 0 Å². The molecular formula is C15H16ClN3O4. The molecule has 1 aromatic rings. The smallest absolute Gasteiger partial charge is 0.321 e. The van der Waals surface area contributed by atoms with Gasteiger partial charge in [0.25, 0.3) is 0 Å². The summed E-state index contributed by atoms with van der Waals surface area (Å²) in [4.78, 5) is 37.3. The summed E-state index contributed by atoms with van der Waals surface area (Å²) in [5.74, 6) is -0.0858. The minimum atomic E-state index is -0.785. The van der Waals surface area contributed by atoms with Gasteiger partial charge < -0.3 is 15.0 Å². The first-order chi connectivity index (χ1) is 10.9. The summed E-state index contributed by atoms with van der Waals surface area (Å²) < 4.78 is 5.19. The number of benzene rings is 1. The normalized spacial score (nSPS) is 23.3. The molecule has 0 aromatic heterocycles. The summed E-state index contributed by atoms with van der Waals surface area (Å²) in [6.07, 6.45) is 0.612. The van der Waals surface area contributed by atoms with E-state index in [1.165, 1.54) is 12.0 Å². The van der Waals surface area contributed by atoms with Gasteiger partial charge in [0.2, 0.25) is 11.8 Å². The van der Waals surface area contributed by atoms with Crippen LogP contribution in [-0.2, 0) is 9.59 Å². The molecule has 2 aliphatic heterocycles. The first kappa shape index (κ1) is 15.6. The number of urea groups is 1. The number of nitrogens with one attached hydrogen (secondary N) is 2. The van der Waals surface area contributed by atoms with Crippen molar-refractivity contribution >= 4 is 35.1 Å². The van der Waals surface area contributed by atoms with Gasteiger partial charge in [-0.05, 0) is 24.6 Å². The highest BCUT2D eigenvalue weighted by Gasteiger charge is 2.51. The molecule has 8 heteroatoms. The third kappa shape index (κ3) is 2.84. The molecule has 2 N–H and O–H groups in total. The second kappa shape index (κ2) is 5.73. The highest BCUT2D eigenvalue weighted by atomic mass is 35.5. The van der Waals surface area contributed by atoms with Crippen LogP contribution in [0.5, 0.6) is 5.75 Å². The van der Waals surface area contributed by atoms with Gasteiger partial charge in [0.05, 0.1) is 18.2 Å². The number of likely N-dealkylation sites (tertiary alicyclic amines) is 1. The SMILES string of the molecule is COc1ccc(Cl)cc1NC(=O)N1CCC2(CC(=O)NC2=O)C1. The van der Waals surface area contributed by atoms with E-state index in [2.05, 4.69) is 10.6 Å². The summed E-state index contributed by atoms with van der Waals surface area (Å²) >= 11 is 5.94. The van der Waals surface area contributed by atoms with Crippen LogP contribution in [0.3, 0.4) is 0 Å². The first-order valence-corrected chi connectivity index (χ1v) is 7.55.